The second-order valence-corrected chi connectivity index (χ2v) is 5.42. The number of hydrogen-bond donors (Lipinski definition) is 3. The van der Waals surface area contributed by atoms with E-state index in [2.05, 4.69) is 22.4 Å². The van der Waals surface area contributed by atoms with Gasteiger partial charge in [0.1, 0.15) is 5.84 Å². The lowest BCUT2D eigenvalue weighted by Gasteiger charge is -2.31. The summed E-state index contributed by atoms with van der Waals surface area (Å²) in [6.45, 7) is 3.39. The first kappa shape index (κ1) is 15.8. The van der Waals surface area contributed by atoms with Crippen molar-refractivity contribution in [2.24, 2.45) is 10.9 Å². The van der Waals surface area contributed by atoms with Crippen molar-refractivity contribution >= 4 is 5.84 Å². The minimum atomic E-state index is 0.0120. The number of nitrogens with two attached hydrogens (primary N) is 1. The van der Waals surface area contributed by atoms with Crippen LogP contribution in [0.15, 0.2) is 35.5 Å². The molecule has 0 aliphatic carbocycles. The van der Waals surface area contributed by atoms with Gasteiger partial charge in [0.15, 0.2) is 0 Å². The van der Waals surface area contributed by atoms with Crippen LogP contribution in [-0.4, -0.2) is 55.3 Å². The van der Waals surface area contributed by atoms with Gasteiger partial charge < -0.3 is 25.9 Å². The van der Waals surface area contributed by atoms with E-state index in [1.54, 1.807) is 0 Å². The number of nitrogens with zero attached hydrogens (tertiary/aromatic N) is 2. The van der Waals surface area contributed by atoms with Gasteiger partial charge in [-0.2, -0.15) is 0 Å². The normalized spacial score (nSPS) is 22.1. The van der Waals surface area contributed by atoms with Crippen LogP contribution in [0.3, 0.4) is 0 Å². The highest BCUT2D eigenvalue weighted by Gasteiger charge is 2.20. The fourth-order valence-corrected chi connectivity index (χ4v) is 2.51. The largest absolute Gasteiger partial charge is 0.409 e. The molecule has 0 radical (unpaired) electrons. The van der Waals surface area contributed by atoms with Crippen molar-refractivity contribution in [3.8, 4) is 0 Å². The third kappa shape index (κ3) is 5.00. The molecule has 116 valence electrons. The molecular weight excluding hydrogens is 268 g/mol. The van der Waals surface area contributed by atoms with Gasteiger partial charge in [0.2, 0.25) is 0 Å². The molecule has 0 aromatic heterocycles. The van der Waals surface area contributed by atoms with Crippen LogP contribution in [0.2, 0.25) is 0 Å². The summed E-state index contributed by atoms with van der Waals surface area (Å²) in [7, 11) is 2.10. The van der Waals surface area contributed by atoms with Gasteiger partial charge >= 0.3 is 0 Å². The van der Waals surface area contributed by atoms with E-state index in [1.165, 1.54) is 0 Å². The van der Waals surface area contributed by atoms with Crippen molar-refractivity contribution in [1.29, 1.82) is 0 Å². The first-order chi connectivity index (χ1) is 10.2. The average Bonchev–Trinajstić information content (AvgIpc) is 2.52. The van der Waals surface area contributed by atoms with Gasteiger partial charge in [-0.15, -0.1) is 0 Å². The van der Waals surface area contributed by atoms with Crippen molar-refractivity contribution in [3.63, 3.8) is 0 Å². The zero-order valence-electron chi connectivity index (χ0n) is 12.4. The molecule has 2 unspecified atom stereocenters. The van der Waals surface area contributed by atoms with Crippen molar-refractivity contribution < 1.29 is 9.94 Å². The summed E-state index contributed by atoms with van der Waals surface area (Å²) in [5, 5.41) is 15.3. The number of ether oxygens (including phenoxy) is 1. The van der Waals surface area contributed by atoms with E-state index in [4.69, 9.17) is 15.7 Å². The Bertz CT molecular complexity index is 452. The predicted octanol–water partition coefficient (Wildman–Crippen LogP) is 0.784. The minimum absolute atomic E-state index is 0.0120. The van der Waals surface area contributed by atoms with Gasteiger partial charge in [0.25, 0.3) is 0 Å². The maximum Gasteiger partial charge on any atom is 0.141 e. The van der Waals surface area contributed by atoms with Crippen LogP contribution in [0.25, 0.3) is 0 Å². The van der Waals surface area contributed by atoms with E-state index in [9.17, 15) is 0 Å². The summed E-state index contributed by atoms with van der Waals surface area (Å²) >= 11 is 0. The molecule has 1 aromatic rings. The number of oxime groups is 1. The van der Waals surface area contributed by atoms with E-state index in [0.29, 0.717) is 6.42 Å². The van der Waals surface area contributed by atoms with E-state index < -0.39 is 0 Å². The molecule has 1 fully saturated rings. The van der Waals surface area contributed by atoms with Crippen molar-refractivity contribution in [3.05, 3.63) is 35.9 Å². The Labute approximate surface area is 125 Å². The lowest BCUT2D eigenvalue weighted by Crippen LogP contribution is -2.45. The van der Waals surface area contributed by atoms with Crippen LogP contribution >= 0.6 is 0 Å². The van der Waals surface area contributed by atoms with E-state index in [0.717, 1.165) is 31.8 Å². The Morgan fingerprint density at radius 2 is 2.29 bits per heavy atom. The fraction of sp³-hybridized carbons (Fsp3) is 0.533. The first-order valence-corrected chi connectivity index (χ1v) is 7.24. The summed E-state index contributed by atoms with van der Waals surface area (Å²) < 4.78 is 5.75. The summed E-state index contributed by atoms with van der Waals surface area (Å²) in [6.07, 6.45) is 0.630. The van der Waals surface area contributed by atoms with Crippen LogP contribution < -0.4 is 11.1 Å². The highest BCUT2D eigenvalue weighted by Crippen LogP contribution is 2.17. The lowest BCUT2D eigenvalue weighted by molar-refractivity contribution is -0.0192. The number of likely N-dealkylation sites (N-methyl/N-ethyl adjacent to an activating group) is 1. The molecule has 0 amide bonds. The molecule has 21 heavy (non-hydrogen) atoms. The number of rotatable bonds is 6. The van der Waals surface area contributed by atoms with Gasteiger partial charge in [-0.1, -0.05) is 35.5 Å². The summed E-state index contributed by atoms with van der Waals surface area (Å²) in [5.74, 6) is 0.220. The molecule has 1 aliphatic heterocycles. The number of morpholine rings is 1. The molecule has 1 heterocycles. The molecule has 2 atom stereocenters. The van der Waals surface area contributed by atoms with Crippen LogP contribution in [0.4, 0.5) is 0 Å². The van der Waals surface area contributed by atoms with E-state index >= 15 is 0 Å². The number of amidine groups is 1. The minimum Gasteiger partial charge on any atom is -0.409 e. The maximum atomic E-state index is 8.79. The molecule has 0 bridgehead atoms. The summed E-state index contributed by atoms with van der Waals surface area (Å²) in [4.78, 5) is 2.26. The first-order valence-electron chi connectivity index (χ1n) is 7.24. The average molecular weight is 292 g/mol. The molecule has 1 aromatic carbocycles. The van der Waals surface area contributed by atoms with Crippen LogP contribution in [0, 0.1) is 0 Å². The topological polar surface area (TPSA) is 83.1 Å². The third-order valence-electron chi connectivity index (χ3n) is 3.68. The zero-order chi connectivity index (χ0) is 15.1. The molecule has 2 rings (SSSR count). The van der Waals surface area contributed by atoms with Crippen LogP contribution in [0.5, 0.6) is 0 Å². The van der Waals surface area contributed by atoms with E-state index in [-0.39, 0.29) is 18.0 Å². The zero-order valence-corrected chi connectivity index (χ0v) is 12.4. The van der Waals surface area contributed by atoms with Crippen LogP contribution in [-0.2, 0) is 4.74 Å². The Balaban J connectivity index is 1.95. The SMILES string of the molecule is CN1CCOC(CNC(CC(N)=NO)c2ccccc2)C1. The van der Waals surface area contributed by atoms with Gasteiger partial charge in [-0.3, -0.25) is 0 Å². The molecule has 6 heteroatoms. The second kappa shape index (κ2) is 7.97. The molecule has 0 saturated carbocycles. The number of hydrogen-bond acceptors (Lipinski definition) is 5. The van der Waals surface area contributed by atoms with E-state index in [1.807, 2.05) is 30.3 Å². The van der Waals surface area contributed by atoms with Crippen molar-refractivity contribution in [2.75, 3.05) is 33.3 Å². The Hall–Kier alpha value is -1.63. The van der Waals surface area contributed by atoms with Crippen molar-refractivity contribution in [2.45, 2.75) is 18.6 Å². The molecule has 0 spiro atoms. The van der Waals surface area contributed by atoms with Gasteiger partial charge in [-0.25, -0.2) is 0 Å². The highest BCUT2D eigenvalue weighted by molar-refractivity contribution is 5.80. The smallest absolute Gasteiger partial charge is 0.141 e. The Kier molecular flexibility index (Phi) is 5.98. The Morgan fingerprint density at radius 3 is 2.95 bits per heavy atom. The molecule has 6 nitrogen and oxygen atoms in total. The molecule has 1 aliphatic rings. The van der Waals surface area contributed by atoms with Crippen LogP contribution in [0.1, 0.15) is 18.0 Å². The Morgan fingerprint density at radius 1 is 1.52 bits per heavy atom. The van der Waals surface area contributed by atoms with Gasteiger partial charge in [0.05, 0.1) is 12.7 Å². The maximum absolute atomic E-state index is 8.79. The molecule has 1 saturated heterocycles. The van der Waals surface area contributed by atoms with Gasteiger partial charge in [0, 0.05) is 32.1 Å². The summed E-state index contributed by atoms with van der Waals surface area (Å²) in [5.41, 5.74) is 6.78. The van der Waals surface area contributed by atoms with Gasteiger partial charge in [-0.05, 0) is 12.6 Å². The third-order valence-corrected chi connectivity index (χ3v) is 3.68. The lowest BCUT2D eigenvalue weighted by atomic mass is 10.0. The summed E-state index contributed by atoms with van der Waals surface area (Å²) in [6, 6.07) is 10.0. The number of nitrogens with one attached hydrogen (secondary N) is 1. The van der Waals surface area contributed by atoms with Crippen molar-refractivity contribution in [1.82, 2.24) is 10.2 Å². The highest BCUT2D eigenvalue weighted by atomic mass is 16.5. The fourth-order valence-electron chi connectivity index (χ4n) is 2.51. The number of benzene rings is 1. The molecule has 4 N–H and O–H groups in total. The standard InChI is InChI=1S/C15H24N4O2/c1-19-7-8-21-13(11-19)10-17-14(9-15(16)18-20)12-5-3-2-4-6-12/h2-6,13-14,17,20H,7-11H2,1H3,(H2,16,18). The molecular formula is C15H24N4O2. The predicted molar refractivity (Wildman–Crippen MR) is 82.4 cm³/mol. The monoisotopic (exact) mass is 292 g/mol. The second-order valence-electron chi connectivity index (χ2n) is 5.42. The quantitative estimate of drug-likeness (QED) is 0.312.